The zero-order valence-corrected chi connectivity index (χ0v) is 41.6. The van der Waals surface area contributed by atoms with Crippen molar-refractivity contribution in [1.29, 1.82) is 0 Å². The van der Waals surface area contributed by atoms with Gasteiger partial charge < -0.3 is 54.6 Å². The molecule has 4 heterocycles. The lowest BCUT2D eigenvalue weighted by atomic mass is 9.78. The molecule has 69 heavy (non-hydrogen) atoms. The molecular weight excluding hydrogens is 891 g/mol. The number of rotatable bonds is 14. The lowest BCUT2D eigenvalue weighted by molar-refractivity contribution is -0.319. The fourth-order valence-corrected chi connectivity index (χ4v) is 10.4. The highest BCUT2D eigenvalue weighted by atomic mass is 16.7. The molecule has 6 rings (SSSR count). The van der Waals surface area contributed by atoms with Crippen molar-refractivity contribution in [3.05, 3.63) is 66.4 Å². The first-order valence-electron chi connectivity index (χ1n) is 24.1. The van der Waals surface area contributed by atoms with Gasteiger partial charge in [0.25, 0.3) is 0 Å². The number of amides is 1. The summed E-state index contributed by atoms with van der Waals surface area (Å²) >= 11 is 0. The first kappa shape index (κ1) is 53.3. The third-order valence-electron chi connectivity index (χ3n) is 14.2. The second kappa shape index (κ2) is 22.8. The topological polar surface area (TPSA) is 239 Å². The van der Waals surface area contributed by atoms with Gasteiger partial charge in [-0.2, -0.15) is 0 Å². The van der Waals surface area contributed by atoms with Gasteiger partial charge in [0, 0.05) is 43.4 Å². The summed E-state index contributed by atoms with van der Waals surface area (Å²) in [6.07, 6.45) is -4.15. The maximum absolute atomic E-state index is 14.6. The van der Waals surface area contributed by atoms with E-state index in [0.717, 1.165) is 5.56 Å². The van der Waals surface area contributed by atoms with Gasteiger partial charge in [-0.05, 0) is 104 Å². The van der Waals surface area contributed by atoms with Crippen LogP contribution in [-0.4, -0.2) is 166 Å². The summed E-state index contributed by atoms with van der Waals surface area (Å²) < 4.78 is 39.0. The van der Waals surface area contributed by atoms with Crippen molar-refractivity contribution in [2.75, 3.05) is 46.6 Å². The number of aromatic nitrogens is 3. The van der Waals surface area contributed by atoms with Crippen LogP contribution in [0.1, 0.15) is 84.5 Å². The maximum Gasteiger partial charge on any atom is 0.410 e. The third kappa shape index (κ3) is 12.0. The monoisotopic (exact) mass is 964 g/mol. The van der Waals surface area contributed by atoms with E-state index in [1.54, 1.807) is 72.8 Å². The number of nitrogens with one attached hydrogen (secondary N) is 1. The number of benzene rings is 2. The number of aryl methyl sites for hydroxylation is 1. The van der Waals surface area contributed by atoms with E-state index in [9.17, 15) is 29.4 Å². The third-order valence-corrected chi connectivity index (χ3v) is 14.2. The molecule has 380 valence electrons. The molecule has 5 N–H and O–H groups in total. The predicted octanol–water partition coefficient (Wildman–Crippen LogP) is 4.09. The number of cyclic esters (lactones) is 1. The number of Topliss-reactive ketones (excluding diaryl/α,β-unsaturated/α-hetero) is 1. The molecule has 3 aliphatic heterocycles. The number of hydrogen-bond acceptors (Lipinski definition) is 17. The lowest BCUT2D eigenvalue weighted by Crippen LogP contribution is -2.65. The predicted molar refractivity (Wildman–Crippen MR) is 254 cm³/mol. The van der Waals surface area contributed by atoms with Crippen LogP contribution in [0.2, 0.25) is 0 Å². The van der Waals surface area contributed by atoms with Gasteiger partial charge in [-0.1, -0.05) is 56.3 Å². The number of ether oxygens (including phenoxy) is 6. The summed E-state index contributed by atoms with van der Waals surface area (Å²) in [6.45, 7) is 13.5. The number of ketones is 1. The first-order valence-corrected chi connectivity index (χ1v) is 24.1. The van der Waals surface area contributed by atoms with Crippen LogP contribution in [0.25, 0.3) is 11.3 Å². The minimum Gasteiger partial charge on any atom is -0.459 e. The normalized spacial score (nSPS) is 33.8. The molecule has 2 aromatic carbocycles. The summed E-state index contributed by atoms with van der Waals surface area (Å²) in [5.41, 5.74) is 5.95. The number of esters is 2. The minimum absolute atomic E-state index is 0.135. The second-order valence-corrected chi connectivity index (χ2v) is 19.7. The number of anilines is 1. The van der Waals surface area contributed by atoms with E-state index < -0.39 is 95.7 Å². The Hall–Kier alpha value is -5.02. The number of nitrogens with two attached hydrogens (primary N) is 1. The number of aliphatic hydroxyl groups is 2. The number of likely N-dealkylation sites (N-methyl/N-ethyl adjacent to an activating group) is 1. The van der Waals surface area contributed by atoms with Crippen molar-refractivity contribution in [2.24, 2.45) is 17.8 Å². The molecule has 3 fully saturated rings. The summed E-state index contributed by atoms with van der Waals surface area (Å²) in [4.78, 5) is 59.1. The van der Waals surface area contributed by atoms with Gasteiger partial charge in [0.05, 0.1) is 35.5 Å². The van der Waals surface area contributed by atoms with Gasteiger partial charge in [-0.3, -0.25) is 19.2 Å². The average Bonchev–Trinajstić information content (AvgIpc) is 3.90. The number of fused-ring (bicyclic) bond motifs is 1. The Labute approximate surface area is 405 Å². The SMILES string of the molecule is CC[C@H]1OC(=O)[C@H](C)C(=O)[C@H](C)[C@@H](O[C@@H]2O[C@H](COC(=O)c3ccccc3)C(O)C(N(C)C)C2O)[C@](C)(OC)C[C@@H](C)CN[C@H](C)[C@H]2N(CCCCn3cc(-c4cccc(N)c4)nn3)C(=O)O[C@]12C. The Bertz CT molecular complexity index is 2210. The molecule has 3 aromatic rings. The van der Waals surface area contributed by atoms with Crippen LogP contribution >= 0.6 is 0 Å². The number of methoxy groups -OCH3 is 1. The van der Waals surface area contributed by atoms with E-state index in [-0.39, 0.29) is 25.0 Å². The maximum atomic E-state index is 14.6. The van der Waals surface area contributed by atoms with Crippen LogP contribution in [-0.2, 0) is 44.6 Å². The molecule has 0 radical (unpaired) electrons. The number of aliphatic hydroxyl groups excluding tert-OH is 2. The van der Waals surface area contributed by atoms with Gasteiger partial charge >= 0.3 is 18.0 Å². The first-order chi connectivity index (χ1) is 32.7. The summed E-state index contributed by atoms with van der Waals surface area (Å²) in [5.74, 6) is -4.42. The van der Waals surface area contributed by atoms with Crippen molar-refractivity contribution >= 4 is 29.5 Å². The van der Waals surface area contributed by atoms with E-state index in [4.69, 9.17) is 34.2 Å². The molecule has 0 aliphatic carbocycles. The molecule has 3 saturated heterocycles. The zero-order valence-electron chi connectivity index (χ0n) is 41.6. The summed E-state index contributed by atoms with van der Waals surface area (Å²) in [7, 11) is 4.88. The smallest absolute Gasteiger partial charge is 0.410 e. The van der Waals surface area contributed by atoms with Crippen LogP contribution in [0.5, 0.6) is 0 Å². The molecule has 19 nitrogen and oxygen atoms in total. The Kier molecular flexibility index (Phi) is 17.6. The second-order valence-electron chi connectivity index (χ2n) is 19.7. The number of hydrogen-bond donors (Lipinski definition) is 4. The Balaban J connectivity index is 1.22. The van der Waals surface area contributed by atoms with Crippen molar-refractivity contribution < 1.29 is 57.8 Å². The molecule has 1 amide bonds. The van der Waals surface area contributed by atoms with Crippen LogP contribution in [0.4, 0.5) is 10.5 Å². The molecule has 0 saturated carbocycles. The highest BCUT2D eigenvalue weighted by Gasteiger charge is 2.59. The van der Waals surface area contributed by atoms with Crippen LogP contribution < -0.4 is 11.1 Å². The Morgan fingerprint density at radius 1 is 1.00 bits per heavy atom. The van der Waals surface area contributed by atoms with Gasteiger partial charge in [0.2, 0.25) is 0 Å². The van der Waals surface area contributed by atoms with E-state index >= 15 is 0 Å². The number of unbranched alkanes of at least 4 members (excludes halogenated alkanes) is 1. The molecule has 0 bridgehead atoms. The van der Waals surface area contributed by atoms with Gasteiger partial charge in [-0.15, -0.1) is 5.10 Å². The van der Waals surface area contributed by atoms with Crippen molar-refractivity contribution in [2.45, 2.75) is 147 Å². The fraction of sp³-hybridized carbons (Fsp3) is 0.640. The lowest BCUT2D eigenvalue weighted by Gasteiger charge is -2.48. The van der Waals surface area contributed by atoms with Gasteiger partial charge in [0.1, 0.15) is 42.6 Å². The van der Waals surface area contributed by atoms with Crippen molar-refractivity contribution in [3.63, 3.8) is 0 Å². The summed E-state index contributed by atoms with van der Waals surface area (Å²) in [6, 6.07) is 13.9. The van der Waals surface area contributed by atoms with Crippen LogP contribution in [0.3, 0.4) is 0 Å². The highest BCUT2D eigenvalue weighted by molar-refractivity contribution is 6.00. The average molecular weight is 964 g/mol. The Morgan fingerprint density at radius 2 is 1.71 bits per heavy atom. The minimum atomic E-state index is -1.44. The largest absolute Gasteiger partial charge is 0.459 e. The summed E-state index contributed by atoms with van der Waals surface area (Å²) in [5, 5.41) is 35.5. The van der Waals surface area contributed by atoms with E-state index in [1.165, 1.54) is 14.0 Å². The number of nitrogens with zero attached hydrogens (tertiary/aromatic N) is 5. The number of nitrogen functional groups attached to an aromatic ring is 1. The molecule has 1 aromatic heterocycles. The highest BCUT2D eigenvalue weighted by Crippen LogP contribution is 2.40. The fourth-order valence-electron chi connectivity index (χ4n) is 10.4. The van der Waals surface area contributed by atoms with Crippen LogP contribution in [0, 0.1) is 17.8 Å². The molecule has 19 heteroatoms. The van der Waals surface area contributed by atoms with Crippen molar-refractivity contribution in [1.82, 2.24) is 30.1 Å². The number of carbonyl (C=O) groups excluding carboxylic acids is 4. The van der Waals surface area contributed by atoms with E-state index in [2.05, 4.69) is 15.6 Å². The van der Waals surface area contributed by atoms with E-state index in [0.29, 0.717) is 55.8 Å². The standard InChI is InChI=1S/C50H73N7O12/c1-11-38-50(7)43(57(48(63)69-50)23-16-15-22-56-27-36(53-54-56)34-20-17-21-35(51)24-34)32(5)52-26-29(2)25-49(6,64-10)44(30(3)40(58)31(4)45(61)67-38)68-47-42(60)39(55(8)9)41(59)37(66-47)28-65-46(62)33-18-13-12-14-19-33/h12-14,17-21,24,27,29-32,37-39,41-44,47,52,59-60H,11,15-16,22-23,25-26,28,51H2,1-10H3/t29-,30+,31-,32-,37-,38-,39?,41?,42?,43-,44-,47+,49-,50-/m1/s1. The number of carbonyl (C=O) groups is 4. The van der Waals surface area contributed by atoms with E-state index in [1.807, 2.05) is 58.2 Å². The molecule has 14 atom stereocenters. The molecule has 3 aliphatic rings. The van der Waals surface area contributed by atoms with Crippen LogP contribution in [0.15, 0.2) is 60.8 Å². The van der Waals surface area contributed by atoms with Gasteiger partial charge in [-0.25, -0.2) is 9.59 Å². The molecular formula is C50H73N7O12. The molecule has 0 spiro atoms. The quantitative estimate of drug-likeness (QED) is 0.0585. The van der Waals surface area contributed by atoms with Gasteiger partial charge in [0.15, 0.2) is 17.7 Å². The Morgan fingerprint density at radius 3 is 2.38 bits per heavy atom. The zero-order chi connectivity index (χ0) is 50.4. The molecule has 3 unspecified atom stereocenters. The van der Waals surface area contributed by atoms with Crippen molar-refractivity contribution in [3.8, 4) is 11.3 Å².